The lowest BCUT2D eigenvalue weighted by Gasteiger charge is -2.09. The minimum atomic E-state index is -0.452. The van der Waals surface area contributed by atoms with Crippen LogP contribution in [-0.4, -0.2) is 37.0 Å². The molecule has 0 saturated heterocycles. The Bertz CT molecular complexity index is 1410. The molecular formula is C24H23FN8OS. The Hall–Kier alpha value is -3.99. The normalized spacial score (nSPS) is 14.8. The molecule has 3 aromatic heterocycles. The van der Waals surface area contributed by atoms with Gasteiger partial charge in [0.15, 0.2) is 17.2 Å². The minimum Gasteiger partial charge on any atom is -0.404 e. The Balaban J connectivity index is 1.33. The van der Waals surface area contributed by atoms with Crippen LogP contribution in [0.2, 0.25) is 0 Å². The van der Waals surface area contributed by atoms with Gasteiger partial charge in [0.1, 0.15) is 23.5 Å². The second-order valence-corrected chi connectivity index (χ2v) is 9.00. The van der Waals surface area contributed by atoms with E-state index < -0.39 is 11.7 Å². The number of H-pyrrole nitrogens is 1. The Morgan fingerprint density at radius 3 is 2.89 bits per heavy atom. The smallest absolute Gasteiger partial charge is 0.272 e. The maximum Gasteiger partial charge on any atom is 0.272 e. The molecule has 0 spiro atoms. The van der Waals surface area contributed by atoms with Gasteiger partial charge < -0.3 is 16.0 Å². The second-order valence-electron chi connectivity index (χ2n) is 8.28. The predicted molar refractivity (Wildman–Crippen MR) is 133 cm³/mol. The van der Waals surface area contributed by atoms with Gasteiger partial charge in [-0.2, -0.15) is 0 Å². The number of aromatic amines is 1. The third kappa shape index (κ3) is 5.09. The monoisotopic (exact) mass is 490 g/mol. The lowest BCUT2D eigenvalue weighted by molar-refractivity contribution is 0.0947. The number of nitrogens with one attached hydrogen (secondary N) is 2. The third-order valence-electron chi connectivity index (χ3n) is 5.94. The summed E-state index contributed by atoms with van der Waals surface area (Å²) in [5, 5.41) is 4.60. The number of allylic oxidation sites excluding steroid dienone is 1. The van der Waals surface area contributed by atoms with Gasteiger partial charge in [-0.25, -0.2) is 29.3 Å². The van der Waals surface area contributed by atoms with E-state index in [2.05, 4.69) is 35.2 Å². The summed E-state index contributed by atoms with van der Waals surface area (Å²) in [6.45, 7) is 0.0970. The van der Waals surface area contributed by atoms with Crippen molar-refractivity contribution in [1.82, 2.24) is 30.2 Å². The molecule has 178 valence electrons. The first kappa shape index (κ1) is 22.8. The highest BCUT2D eigenvalue weighted by Crippen LogP contribution is 2.33. The molecule has 4 aromatic rings. The Morgan fingerprint density at radius 1 is 1.26 bits per heavy atom. The van der Waals surface area contributed by atoms with Gasteiger partial charge in [-0.15, -0.1) is 11.3 Å². The number of aliphatic imine (C=N–C) groups is 1. The van der Waals surface area contributed by atoms with E-state index in [1.807, 2.05) is 0 Å². The number of hydrogen-bond donors (Lipinski definition) is 3. The van der Waals surface area contributed by atoms with Crippen LogP contribution < -0.4 is 11.1 Å². The number of benzene rings is 1. The van der Waals surface area contributed by atoms with E-state index in [1.165, 1.54) is 55.1 Å². The van der Waals surface area contributed by atoms with E-state index in [0.717, 1.165) is 18.7 Å². The highest BCUT2D eigenvalue weighted by Gasteiger charge is 2.23. The maximum absolute atomic E-state index is 14.4. The number of halogens is 1. The van der Waals surface area contributed by atoms with Crippen LogP contribution in [0, 0.1) is 5.82 Å². The Kier molecular flexibility index (Phi) is 6.57. The van der Waals surface area contributed by atoms with Gasteiger partial charge in [-0.3, -0.25) is 4.79 Å². The molecule has 3 heterocycles. The summed E-state index contributed by atoms with van der Waals surface area (Å²) in [5.41, 5.74) is 10.2. The first-order valence-corrected chi connectivity index (χ1v) is 12.2. The van der Waals surface area contributed by atoms with Gasteiger partial charge in [0, 0.05) is 35.8 Å². The molecule has 11 heteroatoms. The fourth-order valence-electron chi connectivity index (χ4n) is 4.22. The number of rotatable bonds is 7. The third-order valence-corrected chi connectivity index (χ3v) is 6.52. The van der Waals surface area contributed by atoms with Gasteiger partial charge in [0.25, 0.3) is 5.91 Å². The average molecular weight is 491 g/mol. The molecule has 5 rings (SSSR count). The van der Waals surface area contributed by atoms with Crippen LogP contribution in [0.25, 0.3) is 16.7 Å². The first-order chi connectivity index (χ1) is 17.1. The molecule has 0 unspecified atom stereocenters. The van der Waals surface area contributed by atoms with Crippen LogP contribution in [0.1, 0.15) is 59.0 Å². The number of amides is 1. The van der Waals surface area contributed by atoms with Gasteiger partial charge >= 0.3 is 0 Å². The van der Waals surface area contributed by atoms with Crippen molar-refractivity contribution in [2.24, 2.45) is 10.7 Å². The van der Waals surface area contributed by atoms with Gasteiger partial charge in [-0.1, -0.05) is 12.8 Å². The number of hydrogen-bond acceptors (Lipinski definition) is 8. The average Bonchev–Trinajstić information content (AvgIpc) is 3.63. The van der Waals surface area contributed by atoms with Crippen LogP contribution >= 0.6 is 11.3 Å². The molecule has 1 aliphatic rings. The van der Waals surface area contributed by atoms with Gasteiger partial charge in [0.05, 0.1) is 5.51 Å². The zero-order valence-electron chi connectivity index (χ0n) is 18.7. The molecule has 0 atom stereocenters. The van der Waals surface area contributed by atoms with Crippen LogP contribution in [0.3, 0.4) is 0 Å². The van der Waals surface area contributed by atoms with E-state index in [-0.39, 0.29) is 12.2 Å². The van der Waals surface area contributed by atoms with Crippen molar-refractivity contribution >= 4 is 46.0 Å². The van der Waals surface area contributed by atoms with Crippen molar-refractivity contribution in [3.05, 3.63) is 70.1 Å². The molecule has 0 bridgehead atoms. The molecule has 1 fully saturated rings. The summed E-state index contributed by atoms with van der Waals surface area (Å²) in [7, 11) is 0. The second kappa shape index (κ2) is 10.1. The molecular weight excluding hydrogens is 467 g/mol. The number of aromatic nitrogens is 5. The van der Waals surface area contributed by atoms with Crippen molar-refractivity contribution in [3.8, 4) is 0 Å². The van der Waals surface area contributed by atoms with Gasteiger partial charge in [0.2, 0.25) is 0 Å². The number of thiazole rings is 1. The largest absolute Gasteiger partial charge is 0.404 e. The zero-order chi connectivity index (χ0) is 24.2. The molecule has 4 N–H and O–H groups in total. The quantitative estimate of drug-likeness (QED) is 0.332. The summed E-state index contributed by atoms with van der Waals surface area (Å²) in [6, 6.07) is 4.47. The van der Waals surface area contributed by atoms with E-state index in [4.69, 9.17) is 5.73 Å². The molecule has 0 aliphatic heterocycles. The van der Waals surface area contributed by atoms with E-state index in [9.17, 15) is 9.18 Å². The summed E-state index contributed by atoms with van der Waals surface area (Å²) < 4.78 is 14.4. The first-order valence-electron chi connectivity index (χ1n) is 11.2. The Morgan fingerprint density at radius 2 is 2.11 bits per heavy atom. The molecule has 1 aromatic carbocycles. The van der Waals surface area contributed by atoms with Crippen LogP contribution in [-0.2, 0) is 6.54 Å². The van der Waals surface area contributed by atoms with Crippen molar-refractivity contribution < 1.29 is 9.18 Å². The number of nitrogens with zero attached hydrogens (tertiary/aromatic N) is 5. The summed E-state index contributed by atoms with van der Waals surface area (Å²) >= 11 is 1.42. The molecule has 1 saturated carbocycles. The fourth-order valence-corrected chi connectivity index (χ4v) is 4.69. The fraction of sp³-hybridized carbons (Fsp3) is 0.250. The number of carbonyl (C=O) groups is 1. The highest BCUT2D eigenvalue weighted by molar-refractivity contribution is 7.07. The number of fused-ring (bicyclic) bond motifs is 1. The standard InChI is InChI=1S/C24H23FN8OS/c25-18-6-14(5-16(7-18)17(8-26)10-27-19-11-35-13-31-19)9-28-24(34)21-20-23(30-12-29-21)33-22(32-20)15-3-1-2-4-15/h5-8,10-13,15H,1-4,9,26H2,(H,28,34)(H,29,30,32,33). The van der Waals surface area contributed by atoms with Crippen molar-refractivity contribution in [3.63, 3.8) is 0 Å². The lowest BCUT2D eigenvalue weighted by atomic mass is 10.0. The van der Waals surface area contributed by atoms with E-state index >= 15 is 0 Å². The number of carbonyl (C=O) groups excluding carboxylic acids is 1. The number of nitrogens with two attached hydrogens (primary N) is 1. The predicted octanol–water partition coefficient (Wildman–Crippen LogP) is 4.24. The summed E-state index contributed by atoms with van der Waals surface area (Å²) in [6.07, 6.45) is 8.71. The molecule has 1 aliphatic carbocycles. The summed E-state index contributed by atoms with van der Waals surface area (Å²) in [4.78, 5) is 37.5. The Labute approximate surface area is 204 Å². The van der Waals surface area contributed by atoms with E-state index in [0.29, 0.717) is 39.6 Å². The van der Waals surface area contributed by atoms with Crippen LogP contribution in [0.5, 0.6) is 0 Å². The minimum absolute atomic E-state index is 0.0970. The van der Waals surface area contributed by atoms with Crippen molar-refractivity contribution in [1.29, 1.82) is 0 Å². The SMILES string of the molecule is NC=C(C=Nc1cscn1)c1cc(F)cc(CNC(=O)c2ncnc3nc(C4CCCC4)[nH]c23)c1. The lowest BCUT2D eigenvalue weighted by Crippen LogP contribution is -2.24. The maximum atomic E-state index is 14.4. The van der Waals surface area contributed by atoms with E-state index in [1.54, 1.807) is 17.0 Å². The number of imidazole rings is 1. The molecule has 1 amide bonds. The van der Waals surface area contributed by atoms with Crippen molar-refractivity contribution in [2.75, 3.05) is 0 Å². The molecule has 9 nitrogen and oxygen atoms in total. The molecule has 0 radical (unpaired) electrons. The summed E-state index contributed by atoms with van der Waals surface area (Å²) in [5.74, 6) is 0.901. The van der Waals surface area contributed by atoms with Crippen LogP contribution in [0.15, 0.2) is 46.6 Å². The van der Waals surface area contributed by atoms with Crippen LogP contribution in [0.4, 0.5) is 10.2 Å². The zero-order valence-corrected chi connectivity index (χ0v) is 19.6. The van der Waals surface area contributed by atoms with Crippen molar-refractivity contribution in [2.45, 2.75) is 38.1 Å². The topological polar surface area (TPSA) is 135 Å². The highest BCUT2D eigenvalue weighted by atomic mass is 32.1. The van der Waals surface area contributed by atoms with Gasteiger partial charge in [-0.05, 0) is 42.2 Å². The molecule has 35 heavy (non-hydrogen) atoms.